The van der Waals surface area contributed by atoms with Gasteiger partial charge in [-0.05, 0) is 159 Å². The van der Waals surface area contributed by atoms with Gasteiger partial charge in [0.15, 0.2) is 0 Å². The second kappa shape index (κ2) is 17.2. The monoisotopic (exact) mass is 1020 g/mol. The number of aromatic nitrogens is 1. The molecule has 17 rings (SSSR count). The third-order valence-electron chi connectivity index (χ3n) is 17.2. The molecule has 366 valence electrons. The van der Waals surface area contributed by atoms with Gasteiger partial charge in [-0.3, -0.25) is 0 Å². The lowest BCUT2D eigenvalue weighted by Gasteiger charge is -2.12. The zero-order chi connectivity index (χ0) is 51.7. The third kappa shape index (κ3) is 6.90. The molecule has 3 heteroatoms. The number of furan rings is 1. The van der Waals surface area contributed by atoms with Crippen LogP contribution in [0.3, 0.4) is 0 Å². The van der Waals surface area contributed by atoms with Crippen LogP contribution in [0, 0.1) is 0 Å². The topological polar surface area (TPSA) is 18.1 Å². The van der Waals surface area contributed by atoms with Crippen molar-refractivity contribution in [2.75, 3.05) is 0 Å². The van der Waals surface area contributed by atoms with Crippen LogP contribution in [0.1, 0.15) is 0 Å². The summed E-state index contributed by atoms with van der Waals surface area (Å²) in [6, 6.07) is 102. The van der Waals surface area contributed by atoms with Gasteiger partial charge in [-0.25, -0.2) is 0 Å². The summed E-state index contributed by atoms with van der Waals surface area (Å²) in [4.78, 5) is 0. The quantitative estimate of drug-likeness (QED) is 0.120. The van der Waals surface area contributed by atoms with Gasteiger partial charge < -0.3 is 8.98 Å². The molecule has 3 heterocycles. The number of fused-ring (bicyclic) bond motifs is 15. The van der Waals surface area contributed by atoms with Crippen LogP contribution in [-0.2, 0) is 0 Å². The lowest BCUT2D eigenvalue weighted by molar-refractivity contribution is 0.670. The van der Waals surface area contributed by atoms with E-state index in [1.807, 2.05) is 6.07 Å². The van der Waals surface area contributed by atoms with Crippen molar-refractivity contribution in [2.45, 2.75) is 0 Å². The largest absolute Gasteiger partial charge is 0.455 e. The highest BCUT2D eigenvalue weighted by atomic mass is 28.2. The molecule has 2 nitrogen and oxygen atoms in total. The molecule has 0 unspecified atom stereocenters. The lowest BCUT2D eigenvalue weighted by atomic mass is 9.92. The van der Waals surface area contributed by atoms with Crippen molar-refractivity contribution >= 4 is 107 Å². The van der Waals surface area contributed by atoms with E-state index in [2.05, 4.69) is 271 Å². The van der Waals surface area contributed by atoms with Crippen LogP contribution < -0.4 is 10.4 Å². The first-order chi connectivity index (χ1) is 39.1. The first-order valence-electron chi connectivity index (χ1n) is 27.4. The molecule has 0 saturated carbocycles. The number of hydrogen-bond donors (Lipinski definition) is 0. The maximum absolute atomic E-state index is 6.51. The van der Waals surface area contributed by atoms with Crippen LogP contribution in [0.5, 0.6) is 0 Å². The van der Waals surface area contributed by atoms with Gasteiger partial charge in [-0.15, -0.1) is 0 Å². The average Bonchev–Trinajstić information content (AvgIpc) is 4.43. The number of nitrogens with zero attached hydrogens (tertiary/aromatic N) is 1. The molecule has 0 N–H and O–H groups in total. The Hall–Kier alpha value is -10.1. The molecule has 0 atom stereocenters. The van der Waals surface area contributed by atoms with Crippen molar-refractivity contribution < 1.29 is 4.42 Å². The fourth-order valence-corrected chi connectivity index (χ4v) is 15.5. The van der Waals surface area contributed by atoms with Crippen molar-refractivity contribution in [3.05, 3.63) is 273 Å². The van der Waals surface area contributed by atoms with Crippen LogP contribution in [0.15, 0.2) is 277 Å². The van der Waals surface area contributed by atoms with Crippen molar-refractivity contribution in [3.63, 3.8) is 0 Å². The van der Waals surface area contributed by atoms with E-state index in [1.165, 1.54) is 142 Å². The Labute approximate surface area is 458 Å². The Kier molecular flexibility index (Phi) is 9.62. The van der Waals surface area contributed by atoms with E-state index >= 15 is 0 Å². The predicted molar refractivity (Wildman–Crippen MR) is 339 cm³/mol. The van der Waals surface area contributed by atoms with E-state index < -0.39 is 9.52 Å². The highest BCUT2D eigenvalue weighted by Crippen LogP contribution is 2.42. The predicted octanol–water partition coefficient (Wildman–Crippen LogP) is 18.7. The summed E-state index contributed by atoms with van der Waals surface area (Å²) < 4.78 is 9.02. The van der Waals surface area contributed by atoms with Gasteiger partial charge in [-0.1, -0.05) is 229 Å². The fraction of sp³-hybridized carbons (Fsp3) is 0. The molecule has 0 amide bonds. The number of benzene rings is 14. The van der Waals surface area contributed by atoms with Gasteiger partial charge in [0.05, 0.1) is 20.6 Å². The highest BCUT2D eigenvalue weighted by molar-refractivity contribution is 6.73. The Balaban J connectivity index is 0.772. The SMILES string of the molecule is c1ccc2c(c1)cc(-c1ccc(-c3ccc4c(c3)c3cc(-c5ccc(-c6cc7ccccc7c7ccccc67)cc5)ccc3n4-c3ccc4c(c3)[SiH2]c3cc(-c5cccc6c5oc5ccccc56)ccc3-4)cc1)c1ccccc12. The minimum absolute atomic E-state index is 0.792. The van der Waals surface area contributed by atoms with Crippen LogP contribution >= 0.6 is 0 Å². The van der Waals surface area contributed by atoms with Gasteiger partial charge in [0.2, 0.25) is 0 Å². The van der Waals surface area contributed by atoms with E-state index in [9.17, 15) is 0 Å². The van der Waals surface area contributed by atoms with Crippen LogP contribution in [0.25, 0.3) is 159 Å². The Morgan fingerprint density at radius 3 is 1.30 bits per heavy atom. The zero-order valence-electron chi connectivity index (χ0n) is 43.0. The molecule has 0 spiro atoms. The Bertz CT molecular complexity index is 4990. The Morgan fingerprint density at radius 1 is 0.253 bits per heavy atom. The van der Waals surface area contributed by atoms with Crippen molar-refractivity contribution in [2.24, 2.45) is 0 Å². The summed E-state index contributed by atoms with van der Waals surface area (Å²) in [5.41, 5.74) is 20.3. The van der Waals surface area contributed by atoms with Gasteiger partial charge in [0, 0.05) is 32.8 Å². The summed E-state index contributed by atoms with van der Waals surface area (Å²) >= 11 is 0. The smallest absolute Gasteiger partial charge is 0.143 e. The van der Waals surface area contributed by atoms with Crippen LogP contribution in [-0.4, -0.2) is 14.1 Å². The molecule has 14 aromatic carbocycles. The summed E-state index contributed by atoms with van der Waals surface area (Å²) in [7, 11) is -0.792. The van der Waals surface area contributed by atoms with Gasteiger partial charge >= 0.3 is 0 Å². The summed E-state index contributed by atoms with van der Waals surface area (Å²) in [5.74, 6) is 0. The van der Waals surface area contributed by atoms with Crippen molar-refractivity contribution in [3.8, 4) is 72.4 Å². The standard InChI is InChI=1S/C76H47NOSi/c1-3-14-56-52(12-1)42-67(61-18-7-5-16-59(56)61)48-28-24-46(25-29-48)50-33-38-71-69(40-50)70-41-51(47-26-30-49(31-27-47)68-43-53-13-2-4-15-57(53)60-17-6-8-19-62(60)68)34-39-72(70)77(71)55-35-37-65-64-36-32-54(44-74(64)79-75(65)45-55)58-21-11-22-66-63-20-9-10-23-73(63)78-76(58)66/h1-45H,79H2. The van der Waals surface area contributed by atoms with E-state index in [-0.39, 0.29) is 0 Å². The van der Waals surface area contributed by atoms with E-state index in [4.69, 9.17) is 4.42 Å². The second-order valence-electron chi connectivity index (χ2n) is 21.5. The highest BCUT2D eigenvalue weighted by Gasteiger charge is 2.23. The van der Waals surface area contributed by atoms with E-state index in [0.717, 1.165) is 27.5 Å². The molecule has 0 fully saturated rings. The molecular weight excluding hydrogens is 971 g/mol. The zero-order valence-corrected chi connectivity index (χ0v) is 44.5. The lowest BCUT2D eigenvalue weighted by Crippen LogP contribution is -2.21. The van der Waals surface area contributed by atoms with Crippen molar-refractivity contribution in [1.82, 2.24) is 4.57 Å². The van der Waals surface area contributed by atoms with E-state index in [1.54, 1.807) is 0 Å². The second-order valence-corrected chi connectivity index (χ2v) is 23.4. The molecule has 0 radical (unpaired) electrons. The molecule has 1 aliphatic rings. The molecule has 1 aliphatic heterocycles. The minimum atomic E-state index is -0.792. The number of hydrogen-bond acceptors (Lipinski definition) is 1. The number of para-hydroxylation sites is 2. The minimum Gasteiger partial charge on any atom is -0.455 e. The summed E-state index contributed by atoms with van der Waals surface area (Å²) in [5, 5.41) is 18.0. The van der Waals surface area contributed by atoms with Crippen LogP contribution in [0.2, 0.25) is 0 Å². The maximum Gasteiger partial charge on any atom is 0.143 e. The third-order valence-corrected chi connectivity index (χ3v) is 19.1. The molecule has 2 aromatic heterocycles. The van der Waals surface area contributed by atoms with Gasteiger partial charge in [0.25, 0.3) is 0 Å². The van der Waals surface area contributed by atoms with Gasteiger partial charge in [-0.2, -0.15) is 0 Å². The molecule has 0 saturated heterocycles. The fourth-order valence-electron chi connectivity index (χ4n) is 13.4. The summed E-state index contributed by atoms with van der Waals surface area (Å²) in [6.45, 7) is 0. The van der Waals surface area contributed by atoms with Gasteiger partial charge in [0.1, 0.15) is 11.2 Å². The molecule has 79 heavy (non-hydrogen) atoms. The Morgan fingerprint density at radius 2 is 0.709 bits per heavy atom. The van der Waals surface area contributed by atoms with Crippen molar-refractivity contribution in [1.29, 1.82) is 0 Å². The molecule has 0 aliphatic carbocycles. The molecule has 0 bridgehead atoms. The summed E-state index contributed by atoms with van der Waals surface area (Å²) in [6.07, 6.45) is 0. The first-order valence-corrected chi connectivity index (χ1v) is 28.8. The van der Waals surface area contributed by atoms with E-state index in [0.29, 0.717) is 0 Å². The maximum atomic E-state index is 6.51. The molecule has 16 aromatic rings. The first kappa shape index (κ1) is 44.1. The molecular formula is C76H47NOSi. The average molecular weight is 1020 g/mol. The van der Waals surface area contributed by atoms with Crippen LogP contribution in [0.4, 0.5) is 0 Å². The number of rotatable bonds is 6. The normalized spacial score (nSPS) is 12.6.